The topological polar surface area (TPSA) is 66.2 Å². The first kappa shape index (κ1) is 26.3. The maximum absolute atomic E-state index is 13.8. The van der Waals surface area contributed by atoms with Crippen LogP contribution in [-0.4, -0.2) is 42.0 Å². The maximum atomic E-state index is 13.8. The van der Waals surface area contributed by atoms with Crippen molar-refractivity contribution in [2.24, 2.45) is 0 Å². The summed E-state index contributed by atoms with van der Waals surface area (Å²) in [5.41, 5.74) is -5.29. The van der Waals surface area contributed by atoms with Crippen LogP contribution in [0.3, 0.4) is 0 Å². The van der Waals surface area contributed by atoms with Gasteiger partial charge in [-0.15, -0.1) is 0 Å². The molecule has 2 aromatic carbocycles. The Morgan fingerprint density at radius 2 is 1.49 bits per heavy atom. The van der Waals surface area contributed by atoms with Crippen LogP contribution in [0.2, 0.25) is 0 Å². The molecule has 5 nitrogen and oxygen atoms in total. The summed E-state index contributed by atoms with van der Waals surface area (Å²) in [7, 11) is 0. The highest BCUT2D eigenvalue weighted by Gasteiger charge is 2.46. The zero-order chi connectivity index (χ0) is 26.8. The SMILES string of the molecule is N#CC(c1ccccc1)(c1cc(C(F)(F)F)cnc1C(=O)c1cccc(C(F)(F)F)c1)N1CCOCC1. The lowest BCUT2D eigenvalue weighted by atomic mass is 9.79. The summed E-state index contributed by atoms with van der Waals surface area (Å²) in [4.78, 5) is 18.9. The summed E-state index contributed by atoms with van der Waals surface area (Å²) >= 11 is 0. The molecule has 0 bridgehead atoms. The molecule has 0 N–H and O–H groups in total. The second kappa shape index (κ2) is 9.95. The maximum Gasteiger partial charge on any atom is 0.417 e. The number of morpholine rings is 1. The van der Waals surface area contributed by atoms with Crippen LogP contribution >= 0.6 is 0 Å². The lowest BCUT2D eigenvalue weighted by Gasteiger charge is -2.42. The summed E-state index contributed by atoms with van der Waals surface area (Å²) in [5.74, 6) is -1.04. The van der Waals surface area contributed by atoms with E-state index < -0.39 is 46.1 Å². The van der Waals surface area contributed by atoms with Crippen LogP contribution in [0.5, 0.6) is 0 Å². The van der Waals surface area contributed by atoms with Crippen LogP contribution in [0.1, 0.15) is 38.3 Å². The highest BCUT2D eigenvalue weighted by molar-refractivity contribution is 6.09. The minimum absolute atomic E-state index is 0.149. The average molecular weight is 519 g/mol. The molecule has 1 atom stereocenters. The van der Waals surface area contributed by atoms with Gasteiger partial charge in [0.05, 0.1) is 30.4 Å². The second-order valence-corrected chi connectivity index (χ2v) is 8.31. The lowest BCUT2D eigenvalue weighted by Crippen LogP contribution is -2.52. The number of carbonyl (C=O) groups excluding carboxylic acids is 1. The Morgan fingerprint density at radius 3 is 2.08 bits per heavy atom. The van der Waals surface area contributed by atoms with E-state index in [9.17, 15) is 36.4 Å². The summed E-state index contributed by atoms with van der Waals surface area (Å²) in [6, 6.07) is 14.2. The molecule has 0 radical (unpaired) electrons. The van der Waals surface area contributed by atoms with Gasteiger partial charge in [-0.05, 0) is 23.8 Å². The van der Waals surface area contributed by atoms with Gasteiger partial charge >= 0.3 is 12.4 Å². The van der Waals surface area contributed by atoms with Crippen LogP contribution in [0.4, 0.5) is 26.3 Å². The molecule has 1 saturated heterocycles. The molecule has 11 heteroatoms. The first-order valence-corrected chi connectivity index (χ1v) is 11.1. The number of hydrogen-bond acceptors (Lipinski definition) is 5. The van der Waals surface area contributed by atoms with Gasteiger partial charge in [0.25, 0.3) is 0 Å². The average Bonchev–Trinajstić information content (AvgIpc) is 2.89. The number of nitrogens with zero attached hydrogens (tertiary/aromatic N) is 3. The van der Waals surface area contributed by atoms with Crippen molar-refractivity contribution in [1.29, 1.82) is 5.26 Å². The van der Waals surface area contributed by atoms with E-state index in [2.05, 4.69) is 11.1 Å². The predicted molar refractivity (Wildman–Crippen MR) is 119 cm³/mol. The second-order valence-electron chi connectivity index (χ2n) is 8.31. The fourth-order valence-corrected chi connectivity index (χ4v) is 4.33. The smallest absolute Gasteiger partial charge is 0.379 e. The van der Waals surface area contributed by atoms with Crippen LogP contribution in [0, 0.1) is 11.3 Å². The molecule has 0 saturated carbocycles. The summed E-state index contributed by atoms with van der Waals surface area (Å²) in [6.45, 7) is 0.658. The Kier molecular flexibility index (Phi) is 7.08. The number of ketones is 1. The summed E-state index contributed by atoms with van der Waals surface area (Å²) in [6.07, 6.45) is -9.17. The lowest BCUT2D eigenvalue weighted by molar-refractivity contribution is -0.138. The van der Waals surface area contributed by atoms with Crippen LogP contribution in [0.25, 0.3) is 0 Å². The molecule has 0 spiro atoms. The molecule has 1 aliphatic heterocycles. The van der Waals surface area contributed by atoms with E-state index >= 15 is 0 Å². The first-order chi connectivity index (χ1) is 17.5. The van der Waals surface area contributed by atoms with E-state index in [1.54, 1.807) is 23.1 Å². The molecule has 37 heavy (non-hydrogen) atoms. The molecular formula is C26H19F6N3O2. The molecule has 1 unspecified atom stereocenters. The normalized spacial score (nSPS) is 16.6. The molecule has 1 aliphatic rings. The number of hydrogen-bond donors (Lipinski definition) is 0. The fourth-order valence-electron chi connectivity index (χ4n) is 4.33. The van der Waals surface area contributed by atoms with E-state index in [0.29, 0.717) is 18.3 Å². The van der Waals surface area contributed by atoms with Crippen molar-refractivity contribution in [1.82, 2.24) is 9.88 Å². The van der Waals surface area contributed by atoms with Gasteiger partial charge in [-0.1, -0.05) is 42.5 Å². The van der Waals surface area contributed by atoms with Crippen LogP contribution in [-0.2, 0) is 22.6 Å². The van der Waals surface area contributed by atoms with Gasteiger partial charge in [0.2, 0.25) is 5.78 Å². The molecule has 3 aromatic rings. The van der Waals surface area contributed by atoms with Crippen LogP contribution < -0.4 is 0 Å². The van der Waals surface area contributed by atoms with Gasteiger partial charge in [0.15, 0.2) is 5.54 Å². The standard InChI is InChI=1S/C26H19F6N3O2/c27-25(28,29)19-8-4-5-17(13-19)23(36)22-21(14-20(15-34-22)26(30,31)32)24(16-33,18-6-2-1-3-7-18)35-9-11-37-12-10-35/h1-8,13-15H,9-12H2. The quantitative estimate of drug-likeness (QED) is 0.331. The molecule has 192 valence electrons. The van der Waals surface area contributed by atoms with Crippen molar-refractivity contribution in [2.45, 2.75) is 17.9 Å². The van der Waals surface area contributed by atoms with E-state index in [4.69, 9.17) is 4.74 Å². The minimum atomic E-state index is -4.86. The number of rotatable bonds is 5. The van der Waals surface area contributed by atoms with Gasteiger partial charge in [-0.25, -0.2) is 0 Å². The molecule has 0 aliphatic carbocycles. The van der Waals surface area contributed by atoms with Gasteiger partial charge in [0.1, 0.15) is 5.69 Å². The van der Waals surface area contributed by atoms with Gasteiger partial charge in [0, 0.05) is 30.4 Å². The number of nitriles is 1. The number of halogens is 6. The van der Waals surface area contributed by atoms with E-state index in [1.165, 1.54) is 12.1 Å². The Morgan fingerprint density at radius 1 is 0.865 bits per heavy atom. The Balaban J connectivity index is 2.01. The van der Waals surface area contributed by atoms with E-state index in [1.807, 2.05) is 0 Å². The molecule has 1 fully saturated rings. The molecule has 0 amide bonds. The molecule has 2 heterocycles. The summed E-state index contributed by atoms with van der Waals surface area (Å²) in [5, 5.41) is 10.6. The van der Waals surface area contributed by atoms with E-state index in [-0.39, 0.29) is 37.4 Å². The van der Waals surface area contributed by atoms with Crippen molar-refractivity contribution >= 4 is 5.78 Å². The Bertz CT molecular complexity index is 1330. The van der Waals surface area contributed by atoms with Gasteiger partial charge < -0.3 is 4.74 Å². The molecule has 4 rings (SSSR count). The number of ether oxygens (including phenoxy) is 1. The van der Waals surface area contributed by atoms with Crippen LogP contribution in [0.15, 0.2) is 66.9 Å². The molecule has 1 aromatic heterocycles. The van der Waals surface area contributed by atoms with Crippen molar-refractivity contribution in [2.75, 3.05) is 26.3 Å². The van der Waals surface area contributed by atoms with Gasteiger partial charge in [-0.2, -0.15) is 31.6 Å². The number of alkyl halides is 6. The molecular weight excluding hydrogens is 500 g/mol. The predicted octanol–water partition coefficient (Wildman–Crippen LogP) is 5.45. The van der Waals surface area contributed by atoms with Crippen molar-refractivity contribution < 1.29 is 35.9 Å². The minimum Gasteiger partial charge on any atom is -0.379 e. The highest BCUT2D eigenvalue weighted by atomic mass is 19.4. The number of aromatic nitrogens is 1. The third kappa shape index (κ3) is 5.08. The number of pyridine rings is 1. The monoisotopic (exact) mass is 519 g/mol. The first-order valence-electron chi connectivity index (χ1n) is 11.1. The zero-order valence-corrected chi connectivity index (χ0v) is 19.1. The summed E-state index contributed by atoms with van der Waals surface area (Å²) < 4.78 is 86.6. The Labute approximate surface area is 207 Å². The third-order valence-corrected chi connectivity index (χ3v) is 6.11. The highest BCUT2D eigenvalue weighted by Crippen LogP contribution is 2.41. The largest absolute Gasteiger partial charge is 0.417 e. The fraction of sp³-hybridized carbons (Fsp3) is 0.269. The van der Waals surface area contributed by atoms with Crippen molar-refractivity contribution in [3.8, 4) is 6.07 Å². The zero-order valence-electron chi connectivity index (χ0n) is 19.1. The van der Waals surface area contributed by atoms with Gasteiger partial charge in [-0.3, -0.25) is 14.7 Å². The number of benzene rings is 2. The van der Waals surface area contributed by atoms with Crippen molar-refractivity contribution in [3.63, 3.8) is 0 Å². The van der Waals surface area contributed by atoms with Crippen molar-refractivity contribution in [3.05, 3.63) is 100 Å². The number of carbonyl (C=O) groups is 1. The third-order valence-electron chi connectivity index (χ3n) is 6.11. The Hall–Kier alpha value is -3.75. The van der Waals surface area contributed by atoms with E-state index in [0.717, 1.165) is 18.2 Å².